The maximum absolute atomic E-state index is 14.8. The average Bonchev–Trinajstić information content (AvgIpc) is 3.29. The molecule has 4 heterocycles. The van der Waals surface area contributed by atoms with Crippen molar-refractivity contribution in [3.05, 3.63) is 42.5 Å². The Bertz CT molecular complexity index is 752. The summed E-state index contributed by atoms with van der Waals surface area (Å²) in [5.74, 6) is -3.07. The summed E-state index contributed by atoms with van der Waals surface area (Å²) >= 11 is 0. The molecule has 8 heteroatoms. The highest BCUT2D eigenvalue weighted by atomic mass is 19.3. The summed E-state index contributed by atoms with van der Waals surface area (Å²) in [5, 5.41) is 6.39. The first-order valence-electron chi connectivity index (χ1n) is 8.32. The van der Waals surface area contributed by atoms with Crippen LogP contribution >= 0.6 is 0 Å². The van der Waals surface area contributed by atoms with E-state index in [0.717, 1.165) is 5.69 Å². The predicted octanol–water partition coefficient (Wildman–Crippen LogP) is 2.18. The molecule has 0 radical (unpaired) electrons. The summed E-state index contributed by atoms with van der Waals surface area (Å²) in [5.41, 5.74) is -0.0498. The lowest BCUT2D eigenvalue weighted by atomic mass is 9.75. The van der Waals surface area contributed by atoms with Gasteiger partial charge in [-0.05, 0) is 24.6 Å². The number of anilines is 1. The van der Waals surface area contributed by atoms with E-state index < -0.39 is 11.3 Å². The van der Waals surface area contributed by atoms with E-state index in [0.29, 0.717) is 18.7 Å². The number of rotatable bonds is 2. The smallest absolute Gasteiger partial charge is 0.271 e. The van der Waals surface area contributed by atoms with E-state index in [1.165, 1.54) is 11.1 Å². The van der Waals surface area contributed by atoms with E-state index in [9.17, 15) is 13.6 Å². The number of nitrogens with zero attached hydrogens (tertiary/aromatic N) is 4. The van der Waals surface area contributed by atoms with Gasteiger partial charge in [-0.25, -0.2) is 8.78 Å². The van der Waals surface area contributed by atoms with Gasteiger partial charge < -0.3 is 9.80 Å². The highest BCUT2D eigenvalue weighted by molar-refractivity contribution is 5.92. The molecule has 0 saturated carbocycles. The molecule has 132 valence electrons. The number of hydrogen-bond acceptors (Lipinski definition) is 4. The SMILES string of the molecule is O=C(c1ccn[nH]1)N1CCC(F)(F)[C@]2(CCN(c3cccnc3)C2)C1. The van der Waals surface area contributed by atoms with Crippen molar-refractivity contribution in [2.75, 3.05) is 31.1 Å². The Labute approximate surface area is 143 Å². The van der Waals surface area contributed by atoms with Crippen molar-refractivity contribution in [2.24, 2.45) is 5.41 Å². The maximum atomic E-state index is 14.8. The lowest BCUT2D eigenvalue weighted by Gasteiger charge is -2.45. The standard InChI is InChI=1S/C17H19F2N5O/c18-17(19)5-9-24(15(25)14-3-7-21-22-14)12-16(17)4-8-23(11-16)13-2-1-6-20-10-13/h1-3,6-7,10H,4-5,8-9,11-12H2,(H,21,22)/t16-/m0/s1. The highest BCUT2D eigenvalue weighted by Crippen LogP contribution is 2.50. The van der Waals surface area contributed by atoms with Gasteiger partial charge in [0.1, 0.15) is 5.69 Å². The van der Waals surface area contributed by atoms with Crippen molar-refractivity contribution in [1.82, 2.24) is 20.1 Å². The van der Waals surface area contributed by atoms with Crippen molar-refractivity contribution < 1.29 is 13.6 Å². The minimum atomic E-state index is -2.80. The number of halogens is 2. The first-order valence-corrected chi connectivity index (χ1v) is 8.32. The van der Waals surface area contributed by atoms with Crippen LogP contribution in [-0.2, 0) is 0 Å². The maximum Gasteiger partial charge on any atom is 0.271 e. The van der Waals surface area contributed by atoms with Gasteiger partial charge in [0.05, 0.1) is 17.3 Å². The second-order valence-electron chi connectivity index (χ2n) is 6.81. The molecule has 2 aromatic rings. The molecule has 1 atom stereocenters. The van der Waals surface area contributed by atoms with Crippen LogP contribution in [0.25, 0.3) is 0 Å². The fourth-order valence-electron chi connectivity index (χ4n) is 3.88. The summed E-state index contributed by atoms with van der Waals surface area (Å²) in [7, 11) is 0. The Hall–Kier alpha value is -2.51. The minimum absolute atomic E-state index is 0.0502. The Kier molecular flexibility index (Phi) is 3.70. The Morgan fingerprint density at radius 3 is 2.76 bits per heavy atom. The van der Waals surface area contributed by atoms with E-state index in [4.69, 9.17) is 0 Å². The summed E-state index contributed by atoms with van der Waals surface area (Å²) in [6, 6.07) is 5.24. The summed E-state index contributed by atoms with van der Waals surface area (Å²) in [4.78, 5) is 20.1. The molecular formula is C17H19F2N5O. The van der Waals surface area contributed by atoms with Crippen LogP contribution in [0, 0.1) is 5.41 Å². The van der Waals surface area contributed by atoms with Gasteiger partial charge in [0.2, 0.25) is 0 Å². The van der Waals surface area contributed by atoms with Crippen LogP contribution in [0.2, 0.25) is 0 Å². The number of alkyl halides is 2. The van der Waals surface area contributed by atoms with Crippen molar-refractivity contribution >= 4 is 11.6 Å². The van der Waals surface area contributed by atoms with Crippen LogP contribution in [0.15, 0.2) is 36.8 Å². The first-order chi connectivity index (χ1) is 12.0. The fourth-order valence-corrected chi connectivity index (χ4v) is 3.88. The molecule has 25 heavy (non-hydrogen) atoms. The summed E-state index contributed by atoms with van der Waals surface area (Å²) in [6.45, 7) is 0.861. The number of pyridine rings is 1. The third kappa shape index (κ3) is 2.65. The normalized spacial score (nSPS) is 25.5. The molecule has 2 saturated heterocycles. The number of piperidine rings is 1. The second-order valence-corrected chi connectivity index (χ2v) is 6.81. The largest absolute Gasteiger partial charge is 0.369 e. The quantitative estimate of drug-likeness (QED) is 0.904. The fraction of sp³-hybridized carbons (Fsp3) is 0.471. The van der Waals surface area contributed by atoms with E-state index >= 15 is 0 Å². The Balaban J connectivity index is 1.57. The third-order valence-corrected chi connectivity index (χ3v) is 5.35. The van der Waals surface area contributed by atoms with E-state index in [-0.39, 0.29) is 32.0 Å². The topological polar surface area (TPSA) is 65.1 Å². The molecule has 0 aliphatic carbocycles. The molecule has 2 aliphatic heterocycles. The average molecular weight is 347 g/mol. The molecule has 2 fully saturated rings. The number of likely N-dealkylation sites (tertiary alicyclic amines) is 1. The number of H-pyrrole nitrogens is 1. The van der Waals surface area contributed by atoms with Crippen LogP contribution in [0.3, 0.4) is 0 Å². The monoisotopic (exact) mass is 347 g/mol. The molecule has 6 nitrogen and oxygen atoms in total. The lowest BCUT2D eigenvalue weighted by Crippen LogP contribution is -2.58. The first kappa shape index (κ1) is 16.0. The summed E-state index contributed by atoms with van der Waals surface area (Å²) < 4.78 is 29.7. The highest BCUT2D eigenvalue weighted by Gasteiger charge is 2.60. The molecule has 2 aliphatic rings. The Morgan fingerprint density at radius 2 is 2.04 bits per heavy atom. The number of aromatic nitrogens is 3. The zero-order valence-corrected chi connectivity index (χ0v) is 13.7. The van der Waals surface area contributed by atoms with Crippen molar-refractivity contribution in [1.29, 1.82) is 0 Å². The molecule has 0 unspecified atom stereocenters. The second kappa shape index (κ2) is 5.79. The minimum Gasteiger partial charge on any atom is -0.369 e. The van der Waals surface area contributed by atoms with E-state index in [1.807, 2.05) is 11.0 Å². The molecule has 2 aromatic heterocycles. The number of carbonyl (C=O) groups excluding carboxylic acids is 1. The predicted molar refractivity (Wildman–Crippen MR) is 87.6 cm³/mol. The molecule has 1 spiro atoms. The third-order valence-electron chi connectivity index (χ3n) is 5.35. The van der Waals surface area contributed by atoms with Gasteiger partial charge in [-0.2, -0.15) is 5.10 Å². The molecule has 0 aromatic carbocycles. The number of aromatic amines is 1. The number of hydrogen-bond donors (Lipinski definition) is 1. The van der Waals surface area contributed by atoms with Gasteiger partial charge >= 0.3 is 0 Å². The van der Waals surface area contributed by atoms with Gasteiger partial charge in [0.25, 0.3) is 11.8 Å². The van der Waals surface area contributed by atoms with E-state index in [1.54, 1.807) is 24.5 Å². The zero-order valence-electron chi connectivity index (χ0n) is 13.7. The van der Waals surface area contributed by atoms with Gasteiger partial charge in [-0.15, -0.1) is 0 Å². The zero-order chi connectivity index (χ0) is 17.5. The number of amides is 1. The molecular weight excluding hydrogens is 328 g/mol. The molecule has 0 bridgehead atoms. The van der Waals surface area contributed by atoms with Crippen LogP contribution < -0.4 is 4.90 Å². The van der Waals surface area contributed by atoms with Crippen molar-refractivity contribution in [3.63, 3.8) is 0 Å². The van der Waals surface area contributed by atoms with Crippen LogP contribution in [0.4, 0.5) is 14.5 Å². The van der Waals surface area contributed by atoms with Crippen LogP contribution in [-0.4, -0.2) is 58.1 Å². The number of carbonyl (C=O) groups is 1. The summed E-state index contributed by atoms with van der Waals surface area (Å²) in [6.07, 6.45) is 4.87. The number of nitrogens with one attached hydrogen (secondary N) is 1. The Morgan fingerprint density at radius 1 is 1.16 bits per heavy atom. The van der Waals surface area contributed by atoms with Crippen LogP contribution in [0.5, 0.6) is 0 Å². The lowest BCUT2D eigenvalue weighted by molar-refractivity contribution is -0.150. The molecule has 1 amide bonds. The van der Waals surface area contributed by atoms with E-state index in [2.05, 4.69) is 15.2 Å². The van der Waals surface area contributed by atoms with Gasteiger partial charge in [-0.1, -0.05) is 0 Å². The van der Waals surface area contributed by atoms with Gasteiger partial charge in [-0.3, -0.25) is 14.9 Å². The van der Waals surface area contributed by atoms with Crippen molar-refractivity contribution in [3.8, 4) is 0 Å². The van der Waals surface area contributed by atoms with Gasteiger partial charge in [0.15, 0.2) is 0 Å². The van der Waals surface area contributed by atoms with Crippen LogP contribution in [0.1, 0.15) is 23.3 Å². The molecule has 1 N–H and O–H groups in total. The van der Waals surface area contributed by atoms with Gasteiger partial charge in [0, 0.05) is 45.0 Å². The molecule has 4 rings (SSSR count). The van der Waals surface area contributed by atoms with Crippen molar-refractivity contribution in [2.45, 2.75) is 18.8 Å².